The molecule has 0 fully saturated rings. The fraction of sp³-hybridized carbons (Fsp3) is 0.750. The zero-order valence-electron chi connectivity index (χ0n) is 12.8. The summed E-state index contributed by atoms with van der Waals surface area (Å²) in [5, 5.41) is 8.99. The molecule has 1 unspecified atom stereocenters. The van der Waals surface area contributed by atoms with Crippen LogP contribution in [0.4, 0.5) is 48.3 Å². The molecule has 0 aromatic heterocycles. The summed E-state index contributed by atoms with van der Waals surface area (Å²) in [6.07, 6.45) is -24.1. The number of hydrogen-bond acceptors (Lipinski definition) is 3. The second-order valence-electron chi connectivity index (χ2n) is 5.01. The summed E-state index contributed by atoms with van der Waals surface area (Å²) < 4.78 is 143. The largest absolute Gasteiger partial charge is 0.458 e. The van der Waals surface area contributed by atoms with E-state index in [0.717, 1.165) is 13.8 Å². The molecule has 0 spiro atoms. The highest BCUT2D eigenvalue weighted by atomic mass is 19.4. The van der Waals surface area contributed by atoms with Crippen LogP contribution in [0.3, 0.4) is 0 Å². The average molecular weight is 412 g/mol. The van der Waals surface area contributed by atoms with Gasteiger partial charge >= 0.3 is 36.0 Å². The van der Waals surface area contributed by atoms with E-state index < -0.39 is 54.1 Å². The normalized spacial score (nSPS) is 16.5. The van der Waals surface area contributed by atoms with Crippen LogP contribution in [0.1, 0.15) is 20.3 Å². The molecule has 0 aromatic rings. The van der Waals surface area contributed by atoms with Gasteiger partial charge in [-0.05, 0) is 13.8 Å². The van der Waals surface area contributed by atoms with E-state index in [4.69, 9.17) is 5.11 Å². The molecule has 0 radical (unpaired) electrons. The van der Waals surface area contributed by atoms with E-state index in [1.807, 2.05) is 0 Å². The summed E-state index contributed by atoms with van der Waals surface area (Å²) in [4.78, 5) is 11.5. The molecule has 0 aliphatic rings. The van der Waals surface area contributed by atoms with E-state index in [2.05, 4.69) is 4.74 Å². The van der Waals surface area contributed by atoms with E-state index >= 15 is 0 Å². The molecule has 1 N–H and O–H groups in total. The second-order valence-corrected chi connectivity index (χ2v) is 5.01. The predicted octanol–water partition coefficient (Wildman–Crippen LogP) is 4.31. The Morgan fingerprint density at radius 2 is 1.31 bits per heavy atom. The molecule has 0 aliphatic carbocycles. The third-order valence-corrected chi connectivity index (χ3v) is 2.97. The molecule has 0 aliphatic heterocycles. The van der Waals surface area contributed by atoms with Crippen molar-refractivity contribution < 1.29 is 62.9 Å². The van der Waals surface area contributed by atoms with Gasteiger partial charge in [0.2, 0.25) is 0 Å². The van der Waals surface area contributed by atoms with Crippen molar-refractivity contribution in [1.82, 2.24) is 0 Å². The lowest BCUT2D eigenvalue weighted by atomic mass is 9.92. The summed E-state index contributed by atoms with van der Waals surface area (Å²) >= 11 is 0. The van der Waals surface area contributed by atoms with Gasteiger partial charge in [0, 0.05) is 12.0 Å². The van der Waals surface area contributed by atoms with Crippen LogP contribution in [0, 0.1) is 0 Å². The van der Waals surface area contributed by atoms with Gasteiger partial charge in [-0.3, -0.25) is 0 Å². The Bertz CT molecular complexity index is 526. The van der Waals surface area contributed by atoms with Crippen molar-refractivity contribution in [3.8, 4) is 0 Å². The predicted molar refractivity (Wildman–Crippen MR) is 62.0 cm³/mol. The smallest absolute Gasteiger partial charge is 0.430 e. The lowest BCUT2D eigenvalue weighted by Crippen LogP contribution is -2.73. The molecule has 14 heteroatoms. The quantitative estimate of drug-likeness (QED) is 0.416. The van der Waals surface area contributed by atoms with E-state index in [9.17, 15) is 53.1 Å². The first kappa shape index (κ1) is 24.4. The molecule has 0 amide bonds. The molecule has 0 heterocycles. The number of aliphatic hydroxyl groups excluding tert-OH is 1. The lowest BCUT2D eigenvalue weighted by Gasteiger charge is -2.41. The lowest BCUT2D eigenvalue weighted by molar-refractivity contribution is -0.462. The maximum Gasteiger partial charge on any atom is 0.458 e. The number of esters is 1. The van der Waals surface area contributed by atoms with Gasteiger partial charge in [-0.2, -0.15) is 48.3 Å². The van der Waals surface area contributed by atoms with Gasteiger partial charge in [-0.15, -0.1) is 0 Å². The Morgan fingerprint density at radius 3 is 1.54 bits per heavy atom. The third-order valence-electron chi connectivity index (χ3n) is 2.97. The Labute approximate surface area is 138 Å². The first-order valence-electron chi connectivity index (χ1n) is 6.40. The molecular formula is C12H11F11O3. The fourth-order valence-corrected chi connectivity index (χ4v) is 1.74. The van der Waals surface area contributed by atoms with Crippen LogP contribution in [-0.2, 0) is 9.53 Å². The van der Waals surface area contributed by atoms with Gasteiger partial charge in [0.25, 0.3) is 0 Å². The molecule has 1 atom stereocenters. The van der Waals surface area contributed by atoms with Crippen molar-refractivity contribution in [1.29, 1.82) is 0 Å². The van der Waals surface area contributed by atoms with Gasteiger partial charge < -0.3 is 9.84 Å². The van der Waals surface area contributed by atoms with Gasteiger partial charge in [-0.25, -0.2) is 4.79 Å². The van der Waals surface area contributed by atoms with Crippen molar-refractivity contribution in [2.24, 2.45) is 0 Å². The number of halogens is 11. The van der Waals surface area contributed by atoms with Crippen molar-refractivity contribution >= 4 is 5.97 Å². The van der Waals surface area contributed by atoms with Gasteiger partial charge in [0.05, 0.1) is 6.10 Å². The maximum atomic E-state index is 13.3. The topological polar surface area (TPSA) is 46.5 Å². The Kier molecular flexibility index (Phi) is 6.75. The number of rotatable bonds is 5. The van der Waals surface area contributed by atoms with Crippen LogP contribution < -0.4 is 0 Å². The molecule has 0 saturated heterocycles. The minimum atomic E-state index is -7.56. The van der Waals surface area contributed by atoms with E-state index in [1.54, 1.807) is 0 Å². The highest BCUT2D eigenvalue weighted by Gasteiger charge is 2.92. The summed E-state index contributed by atoms with van der Waals surface area (Å²) in [6.45, 7) is 1.77. The average Bonchev–Trinajstić information content (AvgIpc) is 2.36. The zero-order chi connectivity index (χ0) is 21.4. The number of alkyl halides is 11. The van der Waals surface area contributed by atoms with E-state index in [-0.39, 0.29) is 0 Å². The van der Waals surface area contributed by atoms with Crippen LogP contribution in [0.5, 0.6) is 0 Å². The fourth-order valence-electron chi connectivity index (χ4n) is 1.74. The Morgan fingerprint density at radius 1 is 0.923 bits per heavy atom. The number of ether oxygens (including phenoxy) is 1. The van der Waals surface area contributed by atoms with Gasteiger partial charge in [0.15, 0.2) is 0 Å². The Balaban J connectivity index is 6.59. The molecule has 0 saturated carbocycles. The van der Waals surface area contributed by atoms with Crippen LogP contribution >= 0.6 is 0 Å². The molecule has 154 valence electrons. The molecule has 26 heavy (non-hydrogen) atoms. The second kappa shape index (κ2) is 7.19. The minimum absolute atomic E-state index is 0.498. The summed E-state index contributed by atoms with van der Waals surface area (Å²) in [5.41, 5.74) is -8.36. The van der Waals surface area contributed by atoms with Crippen LogP contribution in [0.15, 0.2) is 11.6 Å². The number of carbonyl (C=O) groups excluding carboxylic acids is 1. The summed E-state index contributed by atoms with van der Waals surface area (Å²) in [6, 6.07) is 0. The third kappa shape index (κ3) is 4.20. The van der Waals surface area contributed by atoms with Crippen molar-refractivity contribution in [3.63, 3.8) is 0 Å². The van der Waals surface area contributed by atoms with Gasteiger partial charge in [-0.1, -0.05) is 6.08 Å². The van der Waals surface area contributed by atoms with Crippen molar-refractivity contribution in [2.45, 2.75) is 56.4 Å². The minimum Gasteiger partial charge on any atom is -0.430 e. The monoisotopic (exact) mass is 412 g/mol. The molecule has 3 nitrogen and oxygen atoms in total. The molecular weight excluding hydrogens is 401 g/mol. The summed E-state index contributed by atoms with van der Waals surface area (Å²) in [5.74, 6) is -10.3. The number of carbonyl (C=O) groups is 1. The number of aliphatic hydroxyl groups is 1. The first-order valence-corrected chi connectivity index (χ1v) is 6.40. The van der Waals surface area contributed by atoms with Crippen LogP contribution in [0.25, 0.3) is 0 Å². The van der Waals surface area contributed by atoms with Crippen LogP contribution in [0.2, 0.25) is 0 Å². The SMILES string of the molecule is CC=C(CC(C)O)C(=O)OC(C(F)(F)F)(C(F)(F)F)C(F)(F)C(F)(F)F. The van der Waals surface area contributed by atoms with Crippen LogP contribution in [-0.4, -0.2) is 47.2 Å². The highest BCUT2D eigenvalue weighted by Crippen LogP contribution is 2.59. The number of hydrogen-bond donors (Lipinski definition) is 1. The van der Waals surface area contributed by atoms with Gasteiger partial charge in [0.1, 0.15) is 0 Å². The first-order chi connectivity index (χ1) is 11.3. The highest BCUT2D eigenvalue weighted by molar-refractivity contribution is 5.89. The molecule has 0 aromatic carbocycles. The van der Waals surface area contributed by atoms with Crippen molar-refractivity contribution in [3.05, 3.63) is 11.6 Å². The van der Waals surface area contributed by atoms with E-state index in [0.29, 0.717) is 6.08 Å². The van der Waals surface area contributed by atoms with E-state index in [1.165, 1.54) is 0 Å². The maximum absolute atomic E-state index is 13.3. The Hall–Kier alpha value is -1.60. The molecule has 0 rings (SSSR count). The standard InChI is InChI=1S/C12H11F11O3/c1-3-6(4-5(2)24)7(25)26-8(10(15,16)17,11(18,19)20)9(13,14)12(21,22)23/h3,5,24H,4H2,1-2H3. The molecule has 0 bridgehead atoms. The zero-order valence-corrected chi connectivity index (χ0v) is 12.8. The number of allylic oxidation sites excluding steroid dienone is 1. The van der Waals surface area contributed by atoms with Crippen molar-refractivity contribution in [2.75, 3.05) is 0 Å². The summed E-state index contributed by atoms with van der Waals surface area (Å²) in [7, 11) is 0.